The fourth-order valence-corrected chi connectivity index (χ4v) is 3.60. The van der Waals surface area contributed by atoms with Crippen LogP contribution in [0.4, 0.5) is 0 Å². The quantitative estimate of drug-likeness (QED) is 0.780. The first-order chi connectivity index (χ1) is 12.0. The lowest BCUT2D eigenvalue weighted by atomic mass is 10.1. The summed E-state index contributed by atoms with van der Waals surface area (Å²) in [6, 6.07) is 7.82. The first-order valence-corrected chi connectivity index (χ1v) is 8.70. The first-order valence-electron chi connectivity index (χ1n) is 8.70. The molecule has 1 amide bonds. The standard InChI is InChI=1S/C20H22N4O/c1-12-6-8-21-19(22-12)16-7-9-24(11-16)20(25)15-4-5-18-17(10-15)13(2)14(3)23-18/h4-6,8,10,16,23H,7,9,11H2,1-3H3/t16-/m0/s1. The van der Waals surface area contributed by atoms with Crippen molar-refractivity contribution in [3.05, 3.63) is 58.8 Å². The Morgan fingerprint density at radius 2 is 2.08 bits per heavy atom. The average Bonchev–Trinajstić information content (AvgIpc) is 3.20. The van der Waals surface area contributed by atoms with Crippen LogP contribution in [0.25, 0.3) is 10.9 Å². The van der Waals surface area contributed by atoms with Gasteiger partial charge < -0.3 is 9.88 Å². The van der Waals surface area contributed by atoms with Crippen LogP contribution in [-0.4, -0.2) is 38.8 Å². The van der Waals surface area contributed by atoms with E-state index in [1.807, 2.05) is 36.1 Å². The summed E-state index contributed by atoms with van der Waals surface area (Å²) in [5.74, 6) is 1.17. The molecule has 0 aliphatic carbocycles. The van der Waals surface area contributed by atoms with Gasteiger partial charge in [0.2, 0.25) is 0 Å². The maximum absolute atomic E-state index is 12.9. The topological polar surface area (TPSA) is 61.9 Å². The summed E-state index contributed by atoms with van der Waals surface area (Å²) in [5.41, 5.74) is 5.16. The van der Waals surface area contributed by atoms with Gasteiger partial charge in [0.1, 0.15) is 5.82 Å². The van der Waals surface area contributed by atoms with E-state index in [0.29, 0.717) is 6.54 Å². The summed E-state index contributed by atoms with van der Waals surface area (Å²) in [7, 11) is 0. The van der Waals surface area contributed by atoms with Crippen molar-refractivity contribution in [3.63, 3.8) is 0 Å². The highest BCUT2D eigenvalue weighted by Crippen LogP contribution is 2.27. The zero-order valence-electron chi connectivity index (χ0n) is 14.8. The number of carbonyl (C=O) groups is 1. The van der Waals surface area contributed by atoms with Gasteiger partial charge in [-0.2, -0.15) is 0 Å². The molecule has 5 heteroatoms. The molecule has 1 aliphatic heterocycles. The number of aromatic amines is 1. The van der Waals surface area contributed by atoms with E-state index in [1.165, 1.54) is 5.56 Å². The molecular formula is C20H22N4O. The third-order valence-electron chi connectivity index (χ3n) is 5.21. The molecule has 0 spiro atoms. The van der Waals surface area contributed by atoms with Crippen LogP contribution in [0.5, 0.6) is 0 Å². The number of hydrogen-bond acceptors (Lipinski definition) is 3. The summed E-state index contributed by atoms with van der Waals surface area (Å²) in [6.45, 7) is 7.56. The zero-order valence-corrected chi connectivity index (χ0v) is 14.8. The van der Waals surface area contributed by atoms with Crippen LogP contribution in [0.15, 0.2) is 30.5 Å². The monoisotopic (exact) mass is 334 g/mol. The van der Waals surface area contributed by atoms with Crippen LogP contribution in [0.3, 0.4) is 0 Å². The van der Waals surface area contributed by atoms with Crippen molar-refractivity contribution in [2.75, 3.05) is 13.1 Å². The van der Waals surface area contributed by atoms with E-state index in [0.717, 1.165) is 46.6 Å². The summed E-state index contributed by atoms with van der Waals surface area (Å²) in [5, 5.41) is 1.13. The molecule has 0 bridgehead atoms. The van der Waals surface area contributed by atoms with Gasteiger partial charge in [-0.25, -0.2) is 9.97 Å². The van der Waals surface area contributed by atoms with E-state index in [1.54, 1.807) is 6.20 Å². The second-order valence-corrected chi connectivity index (χ2v) is 6.93. The van der Waals surface area contributed by atoms with Gasteiger partial charge >= 0.3 is 0 Å². The highest BCUT2D eigenvalue weighted by Gasteiger charge is 2.29. The fourth-order valence-electron chi connectivity index (χ4n) is 3.60. The molecule has 1 aromatic carbocycles. The SMILES string of the molecule is Cc1ccnc([C@H]2CCN(C(=O)c3ccc4[nH]c(C)c(C)c4c3)C2)n1. The van der Waals surface area contributed by atoms with Gasteiger partial charge in [0.05, 0.1) is 0 Å². The Bertz CT molecular complexity index is 959. The highest BCUT2D eigenvalue weighted by atomic mass is 16.2. The number of amides is 1. The number of H-pyrrole nitrogens is 1. The smallest absolute Gasteiger partial charge is 0.253 e. The minimum absolute atomic E-state index is 0.0929. The minimum atomic E-state index is 0.0929. The Hall–Kier alpha value is -2.69. The van der Waals surface area contributed by atoms with Gasteiger partial charge in [0.25, 0.3) is 5.91 Å². The molecule has 0 unspecified atom stereocenters. The molecule has 3 aromatic rings. The molecule has 1 atom stereocenters. The molecule has 25 heavy (non-hydrogen) atoms. The van der Waals surface area contributed by atoms with Crippen molar-refractivity contribution in [1.29, 1.82) is 0 Å². The van der Waals surface area contributed by atoms with Crippen molar-refractivity contribution in [2.45, 2.75) is 33.1 Å². The maximum atomic E-state index is 12.9. The second kappa shape index (κ2) is 5.99. The van der Waals surface area contributed by atoms with Crippen LogP contribution >= 0.6 is 0 Å². The third kappa shape index (κ3) is 2.80. The molecule has 1 saturated heterocycles. The van der Waals surface area contributed by atoms with E-state index in [4.69, 9.17) is 0 Å². The van der Waals surface area contributed by atoms with Gasteiger partial charge in [-0.05, 0) is 57.0 Å². The van der Waals surface area contributed by atoms with Crippen LogP contribution in [0.2, 0.25) is 0 Å². The van der Waals surface area contributed by atoms with E-state index >= 15 is 0 Å². The lowest BCUT2D eigenvalue weighted by Gasteiger charge is -2.16. The first kappa shape index (κ1) is 15.8. The number of aryl methyl sites for hydroxylation is 3. The van der Waals surface area contributed by atoms with E-state index in [-0.39, 0.29) is 11.8 Å². The number of hydrogen-bond donors (Lipinski definition) is 1. The number of carbonyl (C=O) groups excluding carboxylic acids is 1. The molecule has 0 saturated carbocycles. The van der Waals surface area contributed by atoms with Crippen molar-refractivity contribution in [2.24, 2.45) is 0 Å². The van der Waals surface area contributed by atoms with Gasteiger partial charge in [0, 0.05) is 53.1 Å². The predicted molar refractivity (Wildman–Crippen MR) is 97.8 cm³/mol. The van der Waals surface area contributed by atoms with Gasteiger partial charge in [-0.15, -0.1) is 0 Å². The molecule has 3 heterocycles. The summed E-state index contributed by atoms with van der Waals surface area (Å²) in [4.78, 5) is 27.1. The van der Waals surface area contributed by atoms with E-state index < -0.39 is 0 Å². The van der Waals surface area contributed by atoms with Crippen LogP contribution in [0, 0.1) is 20.8 Å². The van der Waals surface area contributed by atoms with E-state index in [9.17, 15) is 4.79 Å². The molecule has 1 aliphatic rings. The van der Waals surface area contributed by atoms with Crippen LogP contribution < -0.4 is 0 Å². The molecule has 4 rings (SSSR count). The summed E-state index contributed by atoms with van der Waals surface area (Å²) < 4.78 is 0. The zero-order chi connectivity index (χ0) is 17.6. The largest absolute Gasteiger partial charge is 0.358 e. The van der Waals surface area contributed by atoms with Crippen molar-refractivity contribution in [3.8, 4) is 0 Å². The Balaban J connectivity index is 1.56. The van der Waals surface area contributed by atoms with Crippen LogP contribution in [-0.2, 0) is 0 Å². The van der Waals surface area contributed by atoms with Gasteiger partial charge in [0.15, 0.2) is 0 Å². The molecular weight excluding hydrogens is 312 g/mol. The number of fused-ring (bicyclic) bond motifs is 1. The Morgan fingerprint density at radius 1 is 1.24 bits per heavy atom. The summed E-state index contributed by atoms with van der Waals surface area (Å²) >= 11 is 0. The average molecular weight is 334 g/mol. The second-order valence-electron chi connectivity index (χ2n) is 6.93. The Labute approximate surface area is 147 Å². The fraction of sp³-hybridized carbons (Fsp3) is 0.350. The molecule has 1 fully saturated rings. The molecule has 1 N–H and O–H groups in total. The number of nitrogens with one attached hydrogen (secondary N) is 1. The molecule has 2 aromatic heterocycles. The molecule has 5 nitrogen and oxygen atoms in total. The molecule has 128 valence electrons. The third-order valence-corrected chi connectivity index (χ3v) is 5.21. The van der Waals surface area contributed by atoms with Crippen molar-refractivity contribution < 1.29 is 4.79 Å². The van der Waals surface area contributed by atoms with Crippen molar-refractivity contribution >= 4 is 16.8 Å². The molecule has 0 radical (unpaired) electrons. The number of rotatable bonds is 2. The normalized spacial score (nSPS) is 17.4. The van der Waals surface area contributed by atoms with E-state index in [2.05, 4.69) is 28.8 Å². The lowest BCUT2D eigenvalue weighted by Crippen LogP contribution is -2.28. The Morgan fingerprint density at radius 3 is 2.88 bits per heavy atom. The Kier molecular flexibility index (Phi) is 3.79. The number of benzene rings is 1. The van der Waals surface area contributed by atoms with Crippen molar-refractivity contribution in [1.82, 2.24) is 19.9 Å². The highest BCUT2D eigenvalue weighted by molar-refractivity contribution is 5.99. The maximum Gasteiger partial charge on any atom is 0.253 e. The van der Waals surface area contributed by atoms with Gasteiger partial charge in [-0.3, -0.25) is 4.79 Å². The van der Waals surface area contributed by atoms with Crippen LogP contribution in [0.1, 0.15) is 45.5 Å². The number of nitrogens with zero attached hydrogens (tertiary/aromatic N) is 3. The number of likely N-dealkylation sites (tertiary alicyclic amines) is 1. The number of aromatic nitrogens is 3. The predicted octanol–water partition coefficient (Wildman–Crippen LogP) is 3.51. The lowest BCUT2D eigenvalue weighted by molar-refractivity contribution is 0.0790. The minimum Gasteiger partial charge on any atom is -0.358 e. The van der Waals surface area contributed by atoms with Gasteiger partial charge in [-0.1, -0.05) is 0 Å². The summed E-state index contributed by atoms with van der Waals surface area (Å²) in [6.07, 6.45) is 2.72.